The fourth-order valence-corrected chi connectivity index (χ4v) is 12.4. The standard InChI is InChI=1S/C41H70O6S/c1-7-28(26(2)3)13-12-27(4)32-16-17-33-31-15-14-29-24-30(18-20-40(29,5)34(31)19-21-41(32,33)6)46-22-10-8-9-11-23-48-39-38(45)37(44)36(43)35(25-42)47-39/h12-14,26-28,30-39,42-45H,7-11,15-25H2,1-6H3/b13-12+/t27-,28-,30?,31+,32-,33+,34+,35-,36-,37+,38+,39+,40+,41-/m1/s1. The molecule has 0 aromatic heterocycles. The van der Waals surface area contributed by atoms with Crippen LogP contribution in [0.25, 0.3) is 0 Å². The maximum atomic E-state index is 10.2. The van der Waals surface area contributed by atoms with Crippen LogP contribution in [-0.2, 0) is 9.47 Å². The zero-order chi connectivity index (χ0) is 34.6. The smallest absolute Gasteiger partial charge is 0.132 e. The summed E-state index contributed by atoms with van der Waals surface area (Å²) in [6, 6.07) is 0. The van der Waals surface area contributed by atoms with Crippen LogP contribution in [0.15, 0.2) is 23.8 Å². The summed E-state index contributed by atoms with van der Waals surface area (Å²) in [5, 5.41) is 39.6. The van der Waals surface area contributed by atoms with Gasteiger partial charge < -0.3 is 29.9 Å². The summed E-state index contributed by atoms with van der Waals surface area (Å²) < 4.78 is 12.1. The lowest BCUT2D eigenvalue weighted by Crippen LogP contribution is -2.57. The Balaban J connectivity index is 1.04. The van der Waals surface area contributed by atoms with Crippen molar-refractivity contribution in [2.24, 2.45) is 52.3 Å². The predicted octanol–water partition coefficient (Wildman–Crippen LogP) is 7.92. The van der Waals surface area contributed by atoms with E-state index in [2.05, 4.69) is 59.8 Å². The Labute approximate surface area is 296 Å². The zero-order valence-corrected chi connectivity index (χ0v) is 31.9. The number of ether oxygens (including phenoxy) is 2. The summed E-state index contributed by atoms with van der Waals surface area (Å²) in [7, 11) is 0. The van der Waals surface area contributed by atoms with Crippen molar-refractivity contribution in [3.8, 4) is 0 Å². The molecule has 1 saturated heterocycles. The second kappa shape index (κ2) is 16.9. The molecule has 7 heteroatoms. The van der Waals surface area contributed by atoms with Gasteiger partial charge >= 0.3 is 0 Å². The van der Waals surface area contributed by atoms with Crippen molar-refractivity contribution in [2.75, 3.05) is 19.0 Å². The first-order valence-electron chi connectivity index (χ1n) is 19.9. The minimum atomic E-state index is -1.29. The Morgan fingerprint density at radius 3 is 2.44 bits per heavy atom. The van der Waals surface area contributed by atoms with Crippen LogP contribution < -0.4 is 0 Å². The van der Waals surface area contributed by atoms with Gasteiger partial charge in [0.2, 0.25) is 0 Å². The van der Waals surface area contributed by atoms with E-state index in [0.717, 1.165) is 74.1 Å². The highest BCUT2D eigenvalue weighted by Gasteiger charge is 2.59. The van der Waals surface area contributed by atoms with Gasteiger partial charge in [0.15, 0.2) is 0 Å². The molecule has 0 spiro atoms. The van der Waals surface area contributed by atoms with Crippen LogP contribution in [0.2, 0.25) is 0 Å². The topological polar surface area (TPSA) is 99.4 Å². The van der Waals surface area contributed by atoms with Crippen LogP contribution in [0.4, 0.5) is 0 Å². The Morgan fingerprint density at radius 2 is 1.71 bits per heavy atom. The van der Waals surface area contributed by atoms with E-state index < -0.39 is 29.9 Å². The molecule has 4 N–H and O–H groups in total. The number of hydrogen-bond donors (Lipinski definition) is 4. The molecule has 1 unspecified atom stereocenters. The third-order valence-corrected chi connectivity index (χ3v) is 15.5. The van der Waals surface area contributed by atoms with Crippen LogP contribution >= 0.6 is 11.8 Å². The van der Waals surface area contributed by atoms with E-state index in [1.54, 1.807) is 5.57 Å². The number of hydrogen-bond acceptors (Lipinski definition) is 7. The molecular weight excluding hydrogens is 621 g/mol. The molecular formula is C41H70O6S. The normalized spacial score (nSPS) is 42.7. The van der Waals surface area contributed by atoms with E-state index in [0.29, 0.717) is 28.8 Å². The van der Waals surface area contributed by atoms with E-state index >= 15 is 0 Å². The summed E-state index contributed by atoms with van der Waals surface area (Å²) in [6.07, 6.45) is 19.7. The maximum Gasteiger partial charge on any atom is 0.132 e. The van der Waals surface area contributed by atoms with Gasteiger partial charge in [-0.2, -0.15) is 0 Å². The molecule has 1 aliphatic heterocycles. The third kappa shape index (κ3) is 8.13. The number of rotatable bonds is 15. The van der Waals surface area contributed by atoms with Crippen molar-refractivity contribution in [3.05, 3.63) is 23.8 Å². The van der Waals surface area contributed by atoms with Crippen LogP contribution in [-0.4, -0.2) is 75.3 Å². The Hall–Kier alpha value is -0.410. The Morgan fingerprint density at radius 1 is 0.938 bits per heavy atom. The number of fused-ring (bicyclic) bond motifs is 5. The van der Waals surface area contributed by atoms with Gasteiger partial charge in [0.25, 0.3) is 0 Å². The molecule has 5 aliphatic rings. The van der Waals surface area contributed by atoms with Crippen molar-refractivity contribution in [3.63, 3.8) is 0 Å². The fraction of sp³-hybridized carbons (Fsp3) is 0.902. The summed E-state index contributed by atoms with van der Waals surface area (Å²) in [5.41, 5.74) is 1.93. The molecule has 0 aromatic carbocycles. The van der Waals surface area contributed by atoms with Crippen molar-refractivity contribution in [1.82, 2.24) is 0 Å². The lowest BCUT2D eigenvalue weighted by Gasteiger charge is -2.58. The molecule has 0 aromatic rings. The van der Waals surface area contributed by atoms with Gasteiger partial charge in [-0.15, -0.1) is 11.8 Å². The van der Waals surface area contributed by atoms with E-state index in [4.69, 9.17) is 9.47 Å². The van der Waals surface area contributed by atoms with E-state index in [-0.39, 0.29) is 6.61 Å². The van der Waals surface area contributed by atoms with Crippen LogP contribution in [0, 0.1) is 52.3 Å². The average Bonchev–Trinajstić information content (AvgIpc) is 3.43. The first-order valence-corrected chi connectivity index (χ1v) is 20.9. The van der Waals surface area contributed by atoms with Gasteiger partial charge in [-0.25, -0.2) is 0 Å². The number of unbranched alkanes of at least 4 members (excludes halogenated alkanes) is 3. The highest BCUT2D eigenvalue weighted by Crippen LogP contribution is 2.67. The SMILES string of the molecule is CC[C@H](/C=C/[C@@H](C)[C@H]1CC[C@H]2[C@@H]3CC=C4CC(OCCCCCCS[C@@H]5O[C@H](CO)[C@@H](O)[C@H](O)[C@@H]5O)CC[C@]4(C)[C@H]3CC[C@]12C)C(C)C. The number of aliphatic hydroxyl groups excluding tert-OH is 4. The molecule has 6 nitrogen and oxygen atoms in total. The largest absolute Gasteiger partial charge is 0.394 e. The summed E-state index contributed by atoms with van der Waals surface area (Å²) in [4.78, 5) is 0. The van der Waals surface area contributed by atoms with Crippen molar-refractivity contribution in [2.45, 2.75) is 161 Å². The number of thioether (sulfide) groups is 1. The van der Waals surface area contributed by atoms with E-state index in [1.165, 1.54) is 63.1 Å². The predicted molar refractivity (Wildman–Crippen MR) is 197 cm³/mol. The third-order valence-electron chi connectivity index (χ3n) is 14.3. The van der Waals surface area contributed by atoms with Crippen molar-refractivity contribution >= 4 is 11.8 Å². The van der Waals surface area contributed by atoms with Crippen molar-refractivity contribution in [1.29, 1.82) is 0 Å². The molecule has 0 amide bonds. The Bertz CT molecular complexity index is 1080. The Kier molecular flexibility index (Phi) is 13.7. The quantitative estimate of drug-likeness (QED) is 0.102. The highest BCUT2D eigenvalue weighted by molar-refractivity contribution is 7.99. The second-order valence-corrected chi connectivity index (χ2v) is 18.5. The molecule has 4 aliphatic carbocycles. The van der Waals surface area contributed by atoms with Gasteiger partial charge in [0.1, 0.15) is 29.9 Å². The van der Waals surface area contributed by atoms with Gasteiger partial charge in [0.05, 0.1) is 12.7 Å². The molecule has 0 bridgehead atoms. The van der Waals surface area contributed by atoms with E-state index in [1.807, 2.05) is 0 Å². The molecule has 0 radical (unpaired) electrons. The minimum Gasteiger partial charge on any atom is -0.394 e. The van der Waals surface area contributed by atoms with Crippen LogP contribution in [0.1, 0.15) is 125 Å². The fourth-order valence-electron chi connectivity index (χ4n) is 11.2. The molecule has 1 heterocycles. The lowest BCUT2D eigenvalue weighted by atomic mass is 9.47. The first-order chi connectivity index (χ1) is 22.9. The minimum absolute atomic E-state index is 0.359. The summed E-state index contributed by atoms with van der Waals surface area (Å²) in [5.74, 6) is 6.31. The molecule has 48 heavy (non-hydrogen) atoms. The summed E-state index contributed by atoms with van der Waals surface area (Å²) >= 11 is 1.45. The summed E-state index contributed by atoms with van der Waals surface area (Å²) in [6.45, 7) is 15.3. The monoisotopic (exact) mass is 690 g/mol. The van der Waals surface area contributed by atoms with Crippen LogP contribution in [0.5, 0.6) is 0 Å². The highest BCUT2D eigenvalue weighted by atomic mass is 32.2. The van der Waals surface area contributed by atoms with E-state index in [9.17, 15) is 20.4 Å². The van der Waals surface area contributed by atoms with Gasteiger partial charge in [-0.05, 0) is 129 Å². The number of aliphatic hydroxyl groups is 4. The van der Waals surface area contributed by atoms with Gasteiger partial charge in [0, 0.05) is 6.61 Å². The molecule has 3 saturated carbocycles. The van der Waals surface area contributed by atoms with Crippen molar-refractivity contribution < 1.29 is 29.9 Å². The maximum absolute atomic E-state index is 10.2. The zero-order valence-electron chi connectivity index (χ0n) is 31.1. The molecule has 14 atom stereocenters. The molecule has 276 valence electrons. The molecule has 4 fully saturated rings. The van der Waals surface area contributed by atoms with Crippen LogP contribution in [0.3, 0.4) is 0 Å². The van der Waals surface area contributed by atoms with Gasteiger partial charge in [-0.3, -0.25) is 0 Å². The van der Waals surface area contributed by atoms with Gasteiger partial charge in [-0.1, -0.05) is 78.2 Å². The average molecular weight is 691 g/mol. The second-order valence-electron chi connectivity index (χ2n) is 17.3. The lowest BCUT2D eigenvalue weighted by molar-refractivity contribution is -0.205. The molecule has 5 rings (SSSR count). The number of allylic oxidation sites excluding steroid dienone is 3. The first kappa shape index (κ1) is 38.8.